The molecule has 0 unspecified atom stereocenters. The molecule has 0 aromatic heterocycles. The summed E-state index contributed by atoms with van der Waals surface area (Å²) >= 11 is 5.25. The molecule has 0 bridgehead atoms. The first kappa shape index (κ1) is 23.0. The SMILES string of the molecule is C.COC(=O)C1(c2ccc(O)c(O)c2)CC1.[2H]C([2H])(Br)Br.[2H]C1([2H])Oc2ccc(C3(C(=O)OC)CC3)cc2O1. The first-order chi connectivity index (χ1) is 17.6. The number of aromatic hydroxyl groups is 2. The van der Waals surface area contributed by atoms with Crippen LogP contribution in [0.5, 0.6) is 23.0 Å². The average Bonchev–Trinajstić information content (AvgIpc) is 3.74. The molecule has 0 amide bonds. The summed E-state index contributed by atoms with van der Waals surface area (Å²) in [5, 5.41) is 18.5. The zero-order valence-electron chi connectivity index (χ0n) is 22.4. The maximum absolute atomic E-state index is 11.8. The highest BCUT2D eigenvalue weighted by atomic mass is 79.9. The van der Waals surface area contributed by atoms with E-state index >= 15 is 0 Å². The van der Waals surface area contributed by atoms with Gasteiger partial charge in [-0.1, -0.05) is 51.4 Å². The number of carbonyl (C=O) groups excluding carboxylic acids is 2. The van der Waals surface area contributed by atoms with Gasteiger partial charge in [0, 0.05) is 0 Å². The van der Waals surface area contributed by atoms with Crippen molar-refractivity contribution in [3.05, 3.63) is 47.5 Å². The Labute approximate surface area is 227 Å². The fourth-order valence-electron chi connectivity index (χ4n) is 3.76. The third-order valence-electron chi connectivity index (χ3n) is 5.98. The lowest BCUT2D eigenvalue weighted by molar-refractivity contribution is -0.144. The van der Waals surface area contributed by atoms with Crippen molar-refractivity contribution in [3.8, 4) is 23.0 Å². The lowest BCUT2D eigenvalue weighted by Crippen LogP contribution is -2.21. The van der Waals surface area contributed by atoms with Gasteiger partial charge in [-0.2, -0.15) is 0 Å². The van der Waals surface area contributed by atoms with E-state index in [4.69, 9.17) is 29.5 Å². The summed E-state index contributed by atoms with van der Waals surface area (Å²) < 4.78 is 45.8. The van der Waals surface area contributed by atoms with Crippen LogP contribution >= 0.6 is 31.9 Å². The average molecular weight is 622 g/mol. The molecule has 0 saturated heterocycles. The molecule has 192 valence electrons. The zero-order valence-corrected chi connectivity index (χ0v) is 21.6. The summed E-state index contributed by atoms with van der Waals surface area (Å²) in [7, 11) is 2.72. The number of fused-ring (bicyclic) bond motifs is 1. The minimum absolute atomic E-state index is 0. The third kappa shape index (κ3) is 6.03. The largest absolute Gasteiger partial charge is 0.504 e. The van der Waals surface area contributed by atoms with E-state index in [1.807, 2.05) is 0 Å². The minimum Gasteiger partial charge on any atom is -0.504 e. The van der Waals surface area contributed by atoms with Gasteiger partial charge < -0.3 is 29.2 Å². The second kappa shape index (κ2) is 12.0. The molecule has 0 atom stereocenters. The van der Waals surface area contributed by atoms with E-state index in [1.54, 1.807) is 24.3 Å². The van der Waals surface area contributed by atoms with Crippen molar-refractivity contribution in [2.75, 3.05) is 25.2 Å². The number of ether oxygens (including phenoxy) is 4. The topological polar surface area (TPSA) is 112 Å². The van der Waals surface area contributed by atoms with Gasteiger partial charge >= 0.3 is 11.9 Å². The maximum Gasteiger partial charge on any atom is 0.316 e. The van der Waals surface area contributed by atoms with Gasteiger partial charge in [0.2, 0.25) is 6.75 Å². The van der Waals surface area contributed by atoms with Crippen molar-refractivity contribution in [2.45, 2.75) is 43.9 Å². The van der Waals surface area contributed by atoms with Crippen LogP contribution in [0, 0.1) is 0 Å². The van der Waals surface area contributed by atoms with Crippen LogP contribution in [0.1, 0.15) is 49.7 Å². The van der Waals surface area contributed by atoms with E-state index in [0.29, 0.717) is 17.1 Å². The van der Waals surface area contributed by atoms with Crippen molar-refractivity contribution in [2.24, 2.45) is 0 Å². The summed E-state index contributed by atoms with van der Waals surface area (Å²) in [6, 6.07) is 9.47. The highest BCUT2D eigenvalue weighted by molar-refractivity contribution is 9.24. The number of carbonyl (C=O) groups is 2. The third-order valence-corrected chi connectivity index (χ3v) is 5.98. The van der Waals surface area contributed by atoms with Crippen LogP contribution in [0.2, 0.25) is 0 Å². The Morgan fingerprint density at radius 2 is 1.37 bits per heavy atom. The van der Waals surface area contributed by atoms with E-state index in [1.165, 1.54) is 26.4 Å². The predicted molar refractivity (Wildman–Crippen MR) is 138 cm³/mol. The number of hydrogen-bond donors (Lipinski definition) is 2. The Morgan fingerprint density at radius 1 is 0.914 bits per heavy atom. The summed E-state index contributed by atoms with van der Waals surface area (Å²) in [5.41, 5.74) is 0.307. The van der Waals surface area contributed by atoms with E-state index in [2.05, 4.69) is 31.9 Å². The molecule has 1 aliphatic heterocycles. The van der Waals surface area contributed by atoms with Gasteiger partial charge in [0.1, 0.15) is 2.74 Å². The number of rotatable bonds is 4. The summed E-state index contributed by atoms with van der Waals surface area (Å²) in [5.74, 6) is -0.254. The molecule has 2 fully saturated rings. The lowest BCUT2D eigenvalue weighted by Gasteiger charge is -2.13. The number of benzene rings is 2. The smallest absolute Gasteiger partial charge is 0.316 e. The number of methoxy groups -OCH3 is 2. The summed E-state index contributed by atoms with van der Waals surface area (Å²) in [6.07, 6.45) is 2.94. The van der Waals surface area contributed by atoms with Crippen LogP contribution in [0.15, 0.2) is 36.4 Å². The van der Waals surface area contributed by atoms with Crippen LogP contribution in [-0.4, -0.2) is 47.3 Å². The van der Waals surface area contributed by atoms with Crippen molar-refractivity contribution < 1.29 is 44.2 Å². The van der Waals surface area contributed by atoms with Crippen LogP contribution in [-0.2, 0) is 29.9 Å². The lowest BCUT2D eigenvalue weighted by atomic mass is 9.96. The molecule has 0 spiro atoms. The number of esters is 2. The molecule has 2 aromatic rings. The molecule has 2 aromatic carbocycles. The molecule has 35 heavy (non-hydrogen) atoms. The Bertz CT molecular complexity index is 1210. The molecule has 10 heteroatoms. The second-order valence-corrected chi connectivity index (χ2v) is 9.73. The molecule has 5 rings (SSSR count). The zero-order chi connectivity index (χ0) is 28.5. The van der Waals surface area contributed by atoms with E-state index in [0.717, 1.165) is 31.2 Å². The van der Waals surface area contributed by atoms with Crippen molar-refractivity contribution in [1.29, 1.82) is 0 Å². The first-order valence-electron chi connectivity index (χ1n) is 12.2. The molecule has 2 saturated carbocycles. The number of hydrogen-bond acceptors (Lipinski definition) is 8. The fourth-order valence-corrected chi connectivity index (χ4v) is 3.76. The minimum atomic E-state index is -2.14. The summed E-state index contributed by atoms with van der Waals surface area (Å²) in [6.45, 7) is -2.14. The van der Waals surface area contributed by atoms with Gasteiger partial charge in [-0.05, 0) is 61.1 Å². The number of alkyl halides is 2. The van der Waals surface area contributed by atoms with Crippen molar-refractivity contribution >= 4 is 43.8 Å². The Morgan fingerprint density at radius 3 is 1.83 bits per heavy atom. The van der Waals surface area contributed by atoms with Crippen LogP contribution < -0.4 is 9.47 Å². The number of phenolic OH excluding ortho intramolecular Hbond substituents is 2. The van der Waals surface area contributed by atoms with Gasteiger partial charge in [-0.25, -0.2) is 0 Å². The molecule has 1 heterocycles. The fraction of sp³-hybridized carbons (Fsp3) is 0.440. The first-order valence-corrected chi connectivity index (χ1v) is 11.8. The van der Waals surface area contributed by atoms with Crippen LogP contribution in [0.25, 0.3) is 0 Å². The van der Waals surface area contributed by atoms with Crippen molar-refractivity contribution in [3.63, 3.8) is 0 Å². The number of phenols is 2. The van der Waals surface area contributed by atoms with E-state index in [-0.39, 0.29) is 30.9 Å². The van der Waals surface area contributed by atoms with Crippen LogP contribution in [0.3, 0.4) is 0 Å². The van der Waals surface area contributed by atoms with E-state index < -0.39 is 21.8 Å². The standard InChI is InChI=1S/C12H12O4.C11H12O4.CH2Br2.CH4/c1-14-11(13)12(4-5-12)8-2-3-9-10(6-8)16-7-15-9;1-15-10(14)11(4-5-11)7-2-3-8(12)9(13)6-7;2-1-3;/h2-3,6H,4-5,7H2,1H3;2-3,6,12-13H,4-5H2,1H3;1H2;1H4/i7D2;;1D2;. The Balaban J connectivity index is 0.000000232. The molecular weight excluding hydrogens is 588 g/mol. The van der Waals surface area contributed by atoms with Gasteiger partial charge in [0.15, 0.2) is 23.0 Å². The molecule has 2 aliphatic carbocycles. The Hall–Kier alpha value is -2.46. The highest BCUT2D eigenvalue weighted by Crippen LogP contribution is 2.51. The van der Waals surface area contributed by atoms with Gasteiger partial charge in [-0.15, -0.1) is 0 Å². The van der Waals surface area contributed by atoms with E-state index in [9.17, 15) is 14.7 Å². The monoisotopic (exact) mass is 620 g/mol. The molecular formula is C25H30Br2O8. The second-order valence-electron chi connectivity index (χ2n) is 7.87. The van der Waals surface area contributed by atoms with Gasteiger partial charge in [0.25, 0.3) is 0 Å². The van der Waals surface area contributed by atoms with Crippen molar-refractivity contribution in [1.82, 2.24) is 0 Å². The summed E-state index contributed by atoms with van der Waals surface area (Å²) in [4.78, 5) is 23.3. The Kier molecular flexibility index (Phi) is 7.87. The normalized spacial score (nSPS) is 20.2. The van der Waals surface area contributed by atoms with Gasteiger partial charge in [-0.3, -0.25) is 9.59 Å². The molecule has 2 N–H and O–H groups in total. The maximum atomic E-state index is 11.8. The predicted octanol–water partition coefficient (Wildman–Crippen LogP) is 5.29. The van der Waals surface area contributed by atoms with Crippen LogP contribution in [0.4, 0.5) is 0 Å². The molecule has 3 aliphatic rings. The number of halogens is 2. The quantitative estimate of drug-likeness (QED) is 0.269. The van der Waals surface area contributed by atoms with Gasteiger partial charge in [0.05, 0.1) is 32.0 Å². The highest BCUT2D eigenvalue weighted by Gasteiger charge is 2.53. The molecule has 0 radical (unpaired) electrons. The molecule has 8 nitrogen and oxygen atoms in total.